The molecule has 3 rings (SSSR count). The average Bonchev–Trinajstić information content (AvgIpc) is 2.54. The number of hydrogen-bond donors (Lipinski definition) is 0. The molecule has 0 amide bonds. The van der Waals surface area contributed by atoms with Crippen LogP contribution in [0.1, 0.15) is 5.56 Å². The highest BCUT2D eigenvalue weighted by Gasteiger charge is 2.15. The molecule has 1 aliphatic rings. The van der Waals surface area contributed by atoms with Crippen molar-refractivity contribution in [1.82, 2.24) is 5.01 Å². The van der Waals surface area contributed by atoms with Crippen molar-refractivity contribution in [2.24, 2.45) is 5.10 Å². The summed E-state index contributed by atoms with van der Waals surface area (Å²) in [6.07, 6.45) is 1.86. The van der Waals surface area contributed by atoms with E-state index in [2.05, 4.69) is 27.1 Å². The third kappa shape index (κ3) is 3.93. The van der Waals surface area contributed by atoms with Gasteiger partial charge in [0.05, 0.1) is 19.3 Å². The lowest BCUT2D eigenvalue weighted by Crippen LogP contribution is -2.44. The summed E-state index contributed by atoms with van der Waals surface area (Å²) in [7, 11) is 0. The van der Waals surface area contributed by atoms with Crippen LogP contribution < -0.4 is 4.90 Å². The van der Waals surface area contributed by atoms with Crippen LogP contribution in [-0.4, -0.2) is 37.4 Å². The molecule has 1 aliphatic heterocycles. The Morgan fingerprint density at radius 1 is 0.864 bits per heavy atom. The van der Waals surface area contributed by atoms with Crippen LogP contribution in [0.25, 0.3) is 0 Å². The van der Waals surface area contributed by atoms with Crippen LogP contribution in [-0.2, 0) is 0 Å². The third-order valence-corrected chi connectivity index (χ3v) is 4.15. The molecule has 3 nitrogen and oxygen atoms in total. The van der Waals surface area contributed by atoms with Crippen LogP contribution >= 0.6 is 23.2 Å². The summed E-state index contributed by atoms with van der Waals surface area (Å²) in [5, 5.41) is 8.13. The Hall–Kier alpha value is -1.71. The second kappa shape index (κ2) is 7.03. The number of halogens is 2. The summed E-state index contributed by atoms with van der Waals surface area (Å²) in [6.45, 7) is 3.71. The summed E-state index contributed by atoms with van der Waals surface area (Å²) < 4.78 is 0. The lowest BCUT2D eigenvalue weighted by Gasteiger charge is -2.34. The van der Waals surface area contributed by atoms with Crippen LogP contribution in [0.15, 0.2) is 53.6 Å². The summed E-state index contributed by atoms with van der Waals surface area (Å²) in [4.78, 5) is 2.35. The van der Waals surface area contributed by atoms with Gasteiger partial charge in [0.1, 0.15) is 0 Å². The number of rotatable bonds is 3. The highest BCUT2D eigenvalue weighted by molar-refractivity contribution is 6.31. The Morgan fingerprint density at radius 2 is 1.59 bits per heavy atom. The summed E-state index contributed by atoms with van der Waals surface area (Å²) >= 11 is 11.9. The van der Waals surface area contributed by atoms with E-state index in [-0.39, 0.29) is 0 Å². The van der Waals surface area contributed by atoms with Gasteiger partial charge in [0.15, 0.2) is 0 Å². The van der Waals surface area contributed by atoms with Crippen molar-refractivity contribution in [3.8, 4) is 0 Å². The van der Waals surface area contributed by atoms with Crippen molar-refractivity contribution in [1.29, 1.82) is 0 Å². The van der Waals surface area contributed by atoms with E-state index in [4.69, 9.17) is 23.2 Å². The van der Waals surface area contributed by atoms with Gasteiger partial charge < -0.3 is 4.90 Å². The normalized spacial score (nSPS) is 15.5. The van der Waals surface area contributed by atoms with Gasteiger partial charge in [-0.2, -0.15) is 5.10 Å². The van der Waals surface area contributed by atoms with E-state index in [0.717, 1.165) is 41.8 Å². The number of piperazine rings is 1. The molecule has 0 saturated carbocycles. The molecule has 2 aromatic carbocycles. The first-order valence-corrected chi connectivity index (χ1v) is 8.01. The van der Waals surface area contributed by atoms with Gasteiger partial charge in [-0.1, -0.05) is 35.3 Å². The lowest BCUT2D eigenvalue weighted by atomic mass is 10.2. The van der Waals surface area contributed by atoms with Crippen LogP contribution in [0.3, 0.4) is 0 Å². The van der Waals surface area contributed by atoms with Gasteiger partial charge in [0.25, 0.3) is 0 Å². The molecule has 1 fully saturated rings. The molecule has 0 atom stereocenters. The molecule has 5 heteroatoms. The highest BCUT2D eigenvalue weighted by Crippen LogP contribution is 2.19. The maximum atomic E-state index is 5.97. The molecule has 1 heterocycles. The van der Waals surface area contributed by atoms with Crippen LogP contribution in [0.4, 0.5) is 5.69 Å². The quantitative estimate of drug-likeness (QED) is 0.786. The summed E-state index contributed by atoms with van der Waals surface area (Å²) in [5.41, 5.74) is 2.23. The monoisotopic (exact) mass is 333 g/mol. The molecule has 0 unspecified atom stereocenters. The first-order chi connectivity index (χ1) is 10.7. The van der Waals surface area contributed by atoms with Gasteiger partial charge in [0.2, 0.25) is 0 Å². The molecule has 0 aliphatic carbocycles. The van der Waals surface area contributed by atoms with Crippen molar-refractivity contribution in [3.05, 3.63) is 64.1 Å². The lowest BCUT2D eigenvalue weighted by molar-refractivity contribution is 0.272. The number of hydrazone groups is 1. The van der Waals surface area contributed by atoms with E-state index in [1.54, 1.807) is 0 Å². The fourth-order valence-corrected chi connectivity index (χ4v) is 2.78. The average molecular weight is 334 g/mol. The molecule has 0 bridgehead atoms. The van der Waals surface area contributed by atoms with E-state index >= 15 is 0 Å². The Bertz CT molecular complexity index is 647. The van der Waals surface area contributed by atoms with Crippen molar-refractivity contribution < 1.29 is 0 Å². The number of hydrogen-bond acceptors (Lipinski definition) is 3. The fourth-order valence-electron chi connectivity index (χ4n) is 2.46. The molecule has 1 saturated heterocycles. The van der Waals surface area contributed by atoms with E-state index in [1.807, 2.05) is 42.6 Å². The standard InChI is InChI=1S/C17H17Cl2N3/c18-15-4-6-17(7-5-15)21-8-10-22(11-9-21)20-13-14-2-1-3-16(19)12-14/h1-7,12-13H,8-11H2. The Kier molecular flexibility index (Phi) is 4.86. The smallest absolute Gasteiger partial charge is 0.0543 e. The van der Waals surface area contributed by atoms with E-state index in [0.29, 0.717) is 0 Å². The van der Waals surface area contributed by atoms with E-state index < -0.39 is 0 Å². The van der Waals surface area contributed by atoms with Gasteiger partial charge in [-0.3, -0.25) is 5.01 Å². The van der Waals surface area contributed by atoms with Crippen molar-refractivity contribution in [2.75, 3.05) is 31.1 Å². The van der Waals surface area contributed by atoms with Gasteiger partial charge in [-0.25, -0.2) is 0 Å². The molecule has 0 N–H and O–H groups in total. The van der Waals surface area contributed by atoms with Crippen molar-refractivity contribution >= 4 is 35.1 Å². The van der Waals surface area contributed by atoms with Crippen molar-refractivity contribution in [2.45, 2.75) is 0 Å². The topological polar surface area (TPSA) is 18.8 Å². The first kappa shape index (κ1) is 15.2. The minimum atomic E-state index is 0.733. The van der Waals surface area contributed by atoms with Crippen LogP contribution in [0, 0.1) is 0 Å². The number of anilines is 1. The molecule has 0 spiro atoms. The Labute approximate surface area is 140 Å². The minimum Gasteiger partial charge on any atom is -0.368 e. The van der Waals surface area contributed by atoms with Gasteiger partial charge in [0, 0.05) is 28.8 Å². The maximum Gasteiger partial charge on any atom is 0.0543 e. The maximum absolute atomic E-state index is 5.97. The molecule has 0 aromatic heterocycles. The minimum absolute atomic E-state index is 0.733. The molecule has 114 valence electrons. The van der Waals surface area contributed by atoms with E-state index in [1.165, 1.54) is 5.69 Å². The van der Waals surface area contributed by atoms with Crippen LogP contribution in [0.5, 0.6) is 0 Å². The Balaban J connectivity index is 1.56. The molecular formula is C17H17Cl2N3. The molecule has 0 radical (unpaired) electrons. The van der Waals surface area contributed by atoms with Crippen LogP contribution in [0.2, 0.25) is 10.0 Å². The zero-order chi connectivity index (χ0) is 15.4. The SMILES string of the molecule is Clc1ccc(N2CCN(N=Cc3cccc(Cl)c3)CC2)cc1. The number of benzene rings is 2. The molecular weight excluding hydrogens is 317 g/mol. The summed E-state index contributed by atoms with van der Waals surface area (Å²) in [6, 6.07) is 15.7. The largest absolute Gasteiger partial charge is 0.368 e. The van der Waals surface area contributed by atoms with E-state index in [9.17, 15) is 0 Å². The van der Waals surface area contributed by atoms with Gasteiger partial charge in [-0.05, 0) is 42.0 Å². The molecule has 22 heavy (non-hydrogen) atoms. The molecule has 2 aromatic rings. The Morgan fingerprint density at radius 3 is 2.27 bits per heavy atom. The van der Waals surface area contributed by atoms with Gasteiger partial charge >= 0.3 is 0 Å². The first-order valence-electron chi connectivity index (χ1n) is 7.26. The predicted molar refractivity (Wildman–Crippen MR) is 94.3 cm³/mol. The second-order valence-electron chi connectivity index (χ2n) is 5.22. The second-order valence-corrected chi connectivity index (χ2v) is 6.09. The number of nitrogens with zero attached hydrogens (tertiary/aromatic N) is 3. The van der Waals surface area contributed by atoms with Gasteiger partial charge in [-0.15, -0.1) is 0 Å². The fraction of sp³-hybridized carbons (Fsp3) is 0.235. The highest BCUT2D eigenvalue weighted by atomic mass is 35.5. The zero-order valence-electron chi connectivity index (χ0n) is 12.1. The zero-order valence-corrected chi connectivity index (χ0v) is 13.6. The summed E-state index contributed by atoms with van der Waals surface area (Å²) in [5.74, 6) is 0. The third-order valence-electron chi connectivity index (χ3n) is 3.67. The van der Waals surface area contributed by atoms with Crippen molar-refractivity contribution in [3.63, 3.8) is 0 Å². The predicted octanol–water partition coefficient (Wildman–Crippen LogP) is 4.15.